The van der Waals surface area contributed by atoms with Crippen molar-refractivity contribution in [1.82, 2.24) is 4.90 Å². The summed E-state index contributed by atoms with van der Waals surface area (Å²) in [6.45, 7) is 3.58. The number of nitriles is 1. The van der Waals surface area contributed by atoms with Crippen LogP contribution in [0, 0.1) is 27.4 Å². The Morgan fingerprint density at radius 1 is 1.23 bits per heavy atom. The lowest BCUT2D eigenvalue weighted by atomic mass is 9.86. The topological polar surface area (TPSA) is 79.4 Å². The number of nitrogens with zero attached hydrogens (tertiary/aromatic N) is 3. The van der Waals surface area contributed by atoms with E-state index in [4.69, 9.17) is 10.00 Å². The van der Waals surface area contributed by atoms with Gasteiger partial charge in [-0.1, -0.05) is 12.1 Å². The van der Waals surface area contributed by atoms with Crippen LogP contribution in [0.4, 0.5) is 5.69 Å². The van der Waals surface area contributed by atoms with Gasteiger partial charge in [0.05, 0.1) is 23.2 Å². The van der Waals surface area contributed by atoms with Crippen LogP contribution in [0.15, 0.2) is 42.5 Å². The zero-order valence-electron chi connectivity index (χ0n) is 14.3. The third-order valence-corrected chi connectivity index (χ3v) is 5.37. The average molecular weight is 349 g/mol. The summed E-state index contributed by atoms with van der Waals surface area (Å²) in [4.78, 5) is 12.8. The molecule has 2 aromatic rings. The Morgan fingerprint density at radius 2 is 2.04 bits per heavy atom. The fraction of sp³-hybridized carbons (Fsp3) is 0.350. The number of ether oxygens (including phenoxy) is 1. The van der Waals surface area contributed by atoms with Crippen LogP contribution in [0.2, 0.25) is 0 Å². The summed E-state index contributed by atoms with van der Waals surface area (Å²) in [5, 5.41) is 19.9. The number of hydrogen-bond donors (Lipinski definition) is 0. The van der Waals surface area contributed by atoms with Gasteiger partial charge in [-0.05, 0) is 30.2 Å². The highest BCUT2D eigenvalue weighted by Crippen LogP contribution is 2.41. The standard InChI is InChI=1S/C20H19N3O3/c21-10-15-3-6-20-18(9-15)19-12-22(11-16(19)13-26-20)8-7-14-1-4-17(5-2-14)23(24)25/h1-6,9,16,19H,7-8,11-13H2/t16-,19+/m1/s1. The molecule has 0 saturated carbocycles. The minimum atomic E-state index is -0.373. The number of rotatable bonds is 4. The Bertz CT molecular complexity index is 873. The van der Waals surface area contributed by atoms with Crippen molar-refractivity contribution in [3.05, 3.63) is 69.3 Å². The van der Waals surface area contributed by atoms with Gasteiger partial charge in [-0.3, -0.25) is 10.1 Å². The summed E-state index contributed by atoms with van der Waals surface area (Å²) in [6.07, 6.45) is 0.864. The van der Waals surface area contributed by atoms with Crippen LogP contribution in [0.25, 0.3) is 0 Å². The van der Waals surface area contributed by atoms with E-state index >= 15 is 0 Å². The number of likely N-dealkylation sites (tertiary alicyclic amines) is 1. The number of benzene rings is 2. The molecule has 2 heterocycles. The van der Waals surface area contributed by atoms with Crippen molar-refractivity contribution >= 4 is 5.69 Å². The Labute approximate surface area is 151 Å². The predicted octanol–water partition coefficient (Wildman–Crippen LogP) is 3.12. The molecule has 6 nitrogen and oxygen atoms in total. The fourth-order valence-electron chi connectivity index (χ4n) is 3.97. The second kappa shape index (κ2) is 6.77. The summed E-state index contributed by atoms with van der Waals surface area (Å²) >= 11 is 0. The zero-order valence-corrected chi connectivity index (χ0v) is 14.3. The first-order valence-electron chi connectivity index (χ1n) is 8.76. The van der Waals surface area contributed by atoms with Crippen molar-refractivity contribution in [2.45, 2.75) is 12.3 Å². The second-order valence-electron chi connectivity index (χ2n) is 6.98. The number of fused-ring (bicyclic) bond motifs is 3. The van der Waals surface area contributed by atoms with Crippen LogP contribution in [0.5, 0.6) is 5.75 Å². The Hall–Kier alpha value is -2.91. The van der Waals surface area contributed by atoms with E-state index in [9.17, 15) is 10.1 Å². The van der Waals surface area contributed by atoms with Crippen LogP contribution in [-0.4, -0.2) is 36.1 Å². The monoisotopic (exact) mass is 349 g/mol. The molecule has 0 spiro atoms. The van der Waals surface area contributed by atoms with E-state index in [2.05, 4.69) is 11.0 Å². The molecule has 26 heavy (non-hydrogen) atoms. The summed E-state index contributed by atoms with van der Waals surface area (Å²) in [5.74, 6) is 1.76. The van der Waals surface area contributed by atoms with Gasteiger partial charge in [-0.2, -0.15) is 5.26 Å². The van der Waals surface area contributed by atoms with E-state index in [1.165, 1.54) is 0 Å². The molecule has 2 atom stereocenters. The van der Waals surface area contributed by atoms with Crippen molar-refractivity contribution in [2.75, 3.05) is 26.2 Å². The number of nitro benzene ring substituents is 1. The molecule has 0 amide bonds. The van der Waals surface area contributed by atoms with Crippen molar-refractivity contribution in [3.8, 4) is 11.8 Å². The van der Waals surface area contributed by atoms with E-state index < -0.39 is 0 Å². The van der Waals surface area contributed by atoms with Gasteiger partial charge in [-0.25, -0.2) is 0 Å². The van der Waals surface area contributed by atoms with E-state index in [-0.39, 0.29) is 10.6 Å². The molecule has 0 aromatic heterocycles. The highest BCUT2D eigenvalue weighted by Gasteiger charge is 2.38. The van der Waals surface area contributed by atoms with Crippen LogP contribution in [0.3, 0.4) is 0 Å². The highest BCUT2D eigenvalue weighted by molar-refractivity contribution is 5.46. The highest BCUT2D eigenvalue weighted by atomic mass is 16.6. The lowest BCUT2D eigenvalue weighted by Gasteiger charge is -2.27. The molecule has 0 radical (unpaired) electrons. The molecule has 0 unspecified atom stereocenters. The first-order valence-corrected chi connectivity index (χ1v) is 8.76. The maximum absolute atomic E-state index is 10.7. The molecule has 0 bridgehead atoms. The molecule has 132 valence electrons. The molecule has 2 aromatic carbocycles. The first kappa shape index (κ1) is 16.6. The lowest BCUT2D eigenvalue weighted by Crippen LogP contribution is -2.25. The molecule has 2 aliphatic heterocycles. The minimum absolute atomic E-state index is 0.128. The van der Waals surface area contributed by atoms with Crippen LogP contribution in [-0.2, 0) is 6.42 Å². The van der Waals surface area contributed by atoms with Gasteiger partial charge in [-0.15, -0.1) is 0 Å². The van der Waals surface area contributed by atoms with E-state index in [0.29, 0.717) is 17.4 Å². The van der Waals surface area contributed by atoms with Crippen LogP contribution in [0.1, 0.15) is 22.6 Å². The zero-order chi connectivity index (χ0) is 18.1. The summed E-state index contributed by atoms with van der Waals surface area (Å²) in [7, 11) is 0. The molecule has 2 aliphatic rings. The molecule has 6 heteroatoms. The Kier molecular flexibility index (Phi) is 4.31. The Morgan fingerprint density at radius 3 is 2.77 bits per heavy atom. The van der Waals surface area contributed by atoms with Crippen molar-refractivity contribution in [1.29, 1.82) is 5.26 Å². The number of hydrogen-bond acceptors (Lipinski definition) is 5. The quantitative estimate of drug-likeness (QED) is 0.626. The van der Waals surface area contributed by atoms with Crippen molar-refractivity contribution < 1.29 is 9.66 Å². The minimum Gasteiger partial charge on any atom is -0.493 e. The van der Waals surface area contributed by atoms with Gasteiger partial charge >= 0.3 is 0 Å². The first-order chi connectivity index (χ1) is 12.6. The Balaban J connectivity index is 1.42. The van der Waals surface area contributed by atoms with Gasteiger partial charge in [0.1, 0.15) is 5.75 Å². The summed E-state index contributed by atoms with van der Waals surface area (Å²) < 4.78 is 5.88. The lowest BCUT2D eigenvalue weighted by molar-refractivity contribution is -0.384. The van der Waals surface area contributed by atoms with Gasteiger partial charge in [0.2, 0.25) is 0 Å². The fourth-order valence-corrected chi connectivity index (χ4v) is 3.97. The molecule has 0 N–H and O–H groups in total. The average Bonchev–Trinajstić information content (AvgIpc) is 3.10. The van der Waals surface area contributed by atoms with Crippen LogP contribution >= 0.6 is 0 Å². The molecule has 1 saturated heterocycles. The third-order valence-electron chi connectivity index (χ3n) is 5.37. The van der Waals surface area contributed by atoms with E-state index in [1.54, 1.807) is 18.2 Å². The number of nitro groups is 1. The molecular weight excluding hydrogens is 330 g/mol. The molecule has 0 aliphatic carbocycles. The third kappa shape index (κ3) is 3.14. The number of non-ortho nitro benzene ring substituents is 1. The molecule has 1 fully saturated rings. The smallest absolute Gasteiger partial charge is 0.269 e. The molecular formula is C20H19N3O3. The van der Waals surface area contributed by atoms with Gasteiger partial charge in [0, 0.05) is 49.2 Å². The van der Waals surface area contributed by atoms with Gasteiger partial charge in [0.15, 0.2) is 0 Å². The normalized spacial score (nSPS) is 21.3. The largest absolute Gasteiger partial charge is 0.493 e. The second-order valence-corrected chi connectivity index (χ2v) is 6.98. The van der Waals surface area contributed by atoms with E-state index in [1.807, 2.05) is 24.3 Å². The SMILES string of the molecule is N#Cc1ccc2c(c1)[C@H]1CN(CCc3ccc([N+](=O)[O-])cc3)C[C@@H]1CO2. The van der Waals surface area contributed by atoms with Crippen molar-refractivity contribution in [2.24, 2.45) is 5.92 Å². The maximum Gasteiger partial charge on any atom is 0.269 e. The molecule has 4 rings (SSSR count). The summed E-state index contributed by atoms with van der Waals surface area (Å²) in [6, 6.07) is 14.7. The van der Waals surface area contributed by atoms with Crippen LogP contribution < -0.4 is 4.74 Å². The van der Waals surface area contributed by atoms with Gasteiger partial charge in [0.25, 0.3) is 5.69 Å². The predicted molar refractivity (Wildman–Crippen MR) is 96.1 cm³/mol. The summed E-state index contributed by atoms with van der Waals surface area (Å²) in [5.41, 5.74) is 3.06. The van der Waals surface area contributed by atoms with Crippen molar-refractivity contribution in [3.63, 3.8) is 0 Å². The van der Waals surface area contributed by atoms with Gasteiger partial charge < -0.3 is 9.64 Å². The van der Waals surface area contributed by atoms with E-state index in [0.717, 1.165) is 49.5 Å². The maximum atomic E-state index is 10.7.